The number of aromatic nitrogens is 1. The Labute approximate surface area is 160 Å². The first-order valence-corrected chi connectivity index (χ1v) is 9.40. The average molecular weight is 363 g/mol. The topological polar surface area (TPSA) is 11.4 Å². The summed E-state index contributed by atoms with van der Waals surface area (Å²) in [5.41, 5.74) is 7.44. The van der Waals surface area contributed by atoms with Crippen molar-refractivity contribution in [1.82, 2.24) is 9.47 Å². The van der Waals surface area contributed by atoms with Gasteiger partial charge in [0.25, 0.3) is 0 Å². The van der Waals surface area contributed by atoms with E-state index in [2.05, 4.69) is 66.8 Å². The zero-order valence-corrected chi connectivity index (χ0v) is 16.5. The molecule has 1 aromatic heterocycles. The molecule has 0 unspecified atom stereocenters. The smallest absolute Gasteiger partial charge is 0.123 e. The van der Waals surface area contributed by atoms with Gasteiger partial charge in [-0.05, 0) is 61.0 Å². The maximum absolute atomic E-state index is 13.3. The number of allylic oxidation sites excluding steroid dienone is 1. The summed E-state index contributed by atoms with van der Waals surface area (Å²) >= 11 is 0. The van der Waals surface area contributed by atoms with Gasteiger partial charge in [0.1, 0.15) is 5.82 Å². The van der Waals surface area contributed by atoms with Crippen molar-refractivity contribution in [3.63, 3.8) is 0 Å². The van der Waals surface area contributed by atoms with E-state index in [4.69, 9.17) is 0 Å². The Bertz CT molecular complexity index is 1010. The quantitative estimate of drug-likeness (QED) is 0.659. The van der Waals surface area contributed by atoms with Crippen LogP contribution in [-0.2, 0) is 13.0 Å². The van der Waals surface area contributed by atoms with Gasteiger partial charge in [-0.25, -0.2) is 4.39 Å². The van der Waals surface area contributed by atoms with Crippen LogP contribution < -0.4 is 4.90 Å². The fourth-order valence-corrected chi connectivity index (χ4v) is 3.92. The van der Waals surface area contributed by atoms with Crippen LogP contribution in [0.3, 0.4) is 0 Å². The summed E-state index contributed by atoms with van der Waals surface area (Å²) < 4.78 is 15.6. The Morgan fingerprint density at radius 3 is 2.56 bits per heavy atom. The molecular weight excluding hydrogens is 337 g/mol. The van der Waals surface area contributed by atoms with Gasteiger partial charge in [-0.2, -0.15) is 0 Å². The predicted molar refractivity (Wildman–Crippen MR) is 113 cm³/mol. The number of anilines is 1. The molecule has 0 amide bonds. The van der Waals surface area contributed by atoms with Gasteiger partial charge in [0.2, 0.25) is 0 Å². The van der Waals surface area contributed by atoms with Gasteiger partial charge in [-0.1, -0.05) is 12.1 Å². The highest BCUT2D eigenvalue weighted by molar-refractivity contribution is 5.92. The fraction of sp³-hybridized carbons (Fsp3) is 0.304. The third-order valence-corrected chi connectivity index (χ3v) is 5.50. The summed E-state index contributed by atoms with van der Waals surface area (Å²) in [4.78, 5) is 4.53. The van der Waals surface area contributed by atoms with Gasteiger partial charge in [-0.15, -0.1) is 0 Å². The van der Waals surface area contributed by atoms with Crippen molar-refractivity contribution in [2.75, 3.05) is 32.6 Å². The minimum atomic E-state index is -0.199. The van der Waals surface area contributed by atoms with E-state index in [1.54, 1.807) is 0 Å². The second-order valence-electron chi connectivity index (χ2n) is 7.70. The molecule has 3 aromatic rings. The molecule has 140 valence electrons. The summed E-state index contributed by atoms with van der Waals surface area (Å²) in [6.07, 6.45) is 3.24. The van der Waals surface area contributed by atoms with Crippen molar-refractivity contribution >= 4 is 28.4 Å². The SMILES string of the molecule is C/C(=C\n1c2c(c3cc(N(C)C)ccc31)CN(C)CC2)c1ccc(F)cc1. The molecule has 0 spiro atoms. The van der Waals surface area contributed by atoms with Gasteiger partial charge >= 0.3 is 0 Å². The van der Waals surface area contributed by atoms with E-state index in [9.17, 15) is 4.39 Å². The Morgan fingerprint density at radius 1 is 1.11 bits per heavy atom. The maximum atomic E-state index is 13.3. The van der Waals surface area contributed by atoms with E-state index >= 15 is 0 Å². The van der Waals surface area contributed by atoms with Crippen molar-refractivity contribution < 1.29 is 4.39 Å². The van der Waals surface area contributed by atoms with Gasteiger partial charge in [0.05, 0.1) is 5.52 Å². The van der Waals surface area contributed by atoms with Crippen LogP contribution in [-0.4, -0.2) is 37.2 Å². The highest BCUT2D eigenvalue weighted by Gasteiger charge is 2.22. The molecule has 27 heavy (non-hydrogen) atoms. The summed E-state index contributed by atoms with van der Waals surface area (Å²) in [5.74, 6) is -0.199. The van der Waals surface area contributed by atoms with Gasteiger partial charge < -0.3 is 14.4 Å². The van der Waals surface area contributed by atoms with Crippen molar-refractivity contribution in [2.45, 2.75) is 19.9 Å². The summed E-state index contributed by atoms with van der Waals surface area (Å²) in [6, 6.07) is 13.4. The normalized spacial score (nSPS) is 15.2. The van der Waals surface area contributed by atoms with Crippen molar-refractivity contribution in [3.8, 4) is 0 Å². The molecule has 0 saturated heterocycles. The zero-order chi connectivity index (χ0) is 19.1. The van der Waals surface area contributed by atoms with Crippen LogP contribution in [0.25, 0.3) is 22.7 Å². The second kappa shape index (κ2) is 6.86. The van der Waals surface area contributed by atoms with Crippen LogP contribution in [0.15, 0.2) is 42.5 Å². The number of likely N-dealkylation sites (N-methyl/N-ethyl adjacent to an activating group) is 1. The van der Waals surface area contributed by atoms with Crippen LogP contribution in [0.5, 0.6) is 0 Å². The van der Waals surface area contributed by atoms with E-state index in [1.807, 2.05) is 12.1 Å². The lowest BCUT2D eigenvalue weighted by Crippen LogP contribution is -2.26. The standard InChI is InChI=1S/C23H26FN3/c1-16(17-5-7-18(24)8-6-17)14-27-22-10-9-19(25(2)3)13-20(22)21-15-26(4)12-11-23(21)27/h5-10,13-14H,11-12,15H2,1-4H3/b16-14+. The first kappa shape index (κ1) is 17.8. The number of halogens is 1. The van der Waals surface area contributed by atoms with E-state index in [1.165, 1.54) is 40.0 Å². The van der Waals surface area contributed by atoms with Crippen LogP contribution in [0.2, 0.25) is 0 Å². The molecule has 0 saturated carbocycles. The lowest BCUT2D eigenvalue weighted by Gasteiger charge is -2.23. The maximum Gasteiger partial charge on any atom is 0.123 e. The monoisotopic (exact) mass is 363 g/mol. The Hall–Kier alpha value is -2.59. The molecule has 0 fully saturated rings. The molecule has 2 heterocycles. The lowest BCUT2D eigenvalue weighted by atomic mass is 10.0. The number of hydrogen-bond donors (Lipinski definition) is 0. The van der Waals surface area contributed by atoms with Crippen molar-refractivity contribution in [1.29, 1.82) is 0 Å². The summed E-state index contributed by atoms with van der Waals surface area (Å²) in [7, 11) is 6.34. The third kappa shape index (κ3) is 3.26. The van der Waals surface area contributed by atoms with Crippen LogP contribution in [0.1, 0.15) is 23.7 Å². The third-order valence-electron chi connectivity index (χ3n) is 5.50. The van der Waals surface area contributed by atoms with E-state index < -0.39 is 0 Å². The number of hydrogen-bond acceptors (Lipinski definition) is 2. The molecule has 3 nitrogen and oxygen atoms in total. The molecule has 4 heteroatoms. The van der Waals surface area contributed by atoms with Crippen LogP contribution in [0.4, 0.5) is 10.1 Å². The number of nitrogens with zero attached hydrogens (tertiary/aromatic N) is 3. The predicted octanol–water partition coefficient (Wildman–Crippen LogP) is 4.85. The Morgan fingerprint density at radius 2 is 1.85 bits per heavy atom. The molecule has 0 atom stereocenters. The first-order chi connectivity index (χ1) is 12.9. The Kier molecular flexibility index (Phi) is 4.52. The van der Waals surface area contributed by atoms with Gasteiger partial charge in [-0.3, -0.25) is 0 Å². The number of rotatable bonds is 3. The van der Waals surface area contributed by atoms with E-state index in [-0.39, 0.29) is 5.82 Å². The molecule has 0 N–H and O–H groups in total. The zero-order valence-electron chi connectivity index (χ0n) is 16.5. The number of benzene rings is 2. The second-order valence-corrected chi connectivity index (χ2v) is 7.70. The summed E-state index contributed by atoms with van der Waals surface area (Å²) in [6.45, 7) is 4.13. The first-order valence-electron chi connectivity index (χ1n) is 9.40. The minimum absolute atomic E-state index is 0.199. The average Bonchev–Trinajstić information content (AvgIpc) is 2.94. The van der Waals surface area contributed by atoms with Crippen LogP contribution >= 0.6 is 0 Å². The lowest BCUT2D eigenvalue weighted by molar-refractivity contribution is 0.312. The molecule has 0 aliphatic carbocycles. The largest absolute Gasteiger partial charge is 0.378 e. The van der Waals surface area contributed by atoms with Gasteiger partial charge in [0, 0.05) is 56.6 Å². The molecule has 4 rings (SSSR count). The van der Waals surface area contributed by atoms with E-state index in [0.29, 0.717) is 0 Å². The van der Waals surface area contributed by atoms with Crippen LogP contribution in [0, 0.1) is 5.82 Å². The molecule has 0 bridgehead atoms. The molecule has 2 aromatic carbocycles. The molecule has 1 aliphatic heterocycles. The summed E-state index contributed by atoms with van der Waals surface area (Å²) in [5, 5.41) is 1.32. The highest BCUT2D eigenvalue weighted by atomic mass is 19.1. The van der Waals surface area contributed by atoms with Crippen molar-refractivity contribution in [3.05, 3.63) is 65.1 Å². The molecular formula is C23H26FN3. The van der Waals surface area contributed by atoms with Crippen molar-refractivity contribution in [2.24, 2.45) is 0 Å². The molecule has 0 radical (unpaired) electrons. The fourth-order valence-electron chi connectivity index (χ4n) is 3.92. The van der Waals surface area contributed by atoms with E-state index in [0.717, 1.165) is 30.6 Å². The highest BCUT2D eigenvalue weighted by Crippen LogP contribution is 2.34. The molecule has 1 aliphatic rings. The Balaban J connectivity index is 1.89. The number of fused-ring (bicyclic) bond motifs is 3. The van der Waals surface area contributed by atoms with Gasteiger partial charge in [0.15, 0.2) is 0 Å². The minimum Gasteiger partial charge on any atom is -0.378 e.